The van der Waals surface area contributed by atoms with Crippen molar-refractivity contribution in [1.29, 1.82) is 0 Å². The van der Waals surface area contributed by atoms with Gasteiger partial charge in [-0.1, -0.05) is 36.2 Å². The van der Waals surface area contributed by atoms with Gasteiger partial charge in [0.1, 0.15) is 0 Å². The van der Waals surface area contributed by atoms with E-state index in [9.17, 15) is 9.59 Å². The maximum absolute atomic E-state index is 12.8. The van der Waals surface area contributed by atoms with Crippen molar-refractivity contribution in [1.82, 2.24) is 14.9 Å². The summed E-state index contributed by atoms with van der Waals surface area (Å²) in [4.78, 5) is 29.6. The summed E-state index contributed by atoms with van der Waals surface area (Å²) in [6.45, 7) is 0.774. The Morgan fingerprint density at radius 2 is 2.19 bits per heavy atom. The minimum atomic E-state index is -0.151. The van der Waals surface area contributed by atoms with E-state index >= 15 is 0 Å². The number of carbonyl (C=O) groups excluding carboxylic acids is 1. The monoisotopic (exact) mass is 395 g/mol. The predicted octanol–water partition coefficient (Wildman–Crippen LogP) is 2.85. The fourth-order valence-electron chi connectivity index (χ4n) is 3.13. The maximum atomic E-state index is 12.8. The highest BCUT2D eigenvalue weighted by atomic mass is 35.5. The molecule has 140 valence electrons. The molecule has 0 aliphatic heterocycles. The molecule has 1 saturated carbocycles. The molecule has 1 aliphatic rings. The van der Waals surface area contributed by atoms with Crippen LogP contribution >= 0.6 is 23.4 Å². The molecule has 1 amide bonds. The van der Waals surface area contributed by atoms with Gasteiger partial charge in [-0.15, -0.1) is 0 Å². The lowest BCUT2D eigenvalue weighted by molar-refractivity contribution is -0.119. The number of rotatable bonds is 7. The predicted molar refractivity (Wildman–Crippen MR) is 104 cm³/mol. The Morgan fingerprint density at radius 3 is 2.92 bits per heavy atom. The third-order valence-electron chi connectivity index (χ3n) is 4.45. The molecule has 26 heavy (non-hydrogen) atoms. The molecule has 0 bridgehead atoms. The molecule has 1 aromatic carbocycles. The molecule has 0 saturated heterocycles. The first-order valence-corrected chi connectivity index (χ1v) is 10.1. The van der Waals surface area contributed by atoms with E-state index in [4.69, 9.17) is 16.3 Å². The molecule has 0 atom stereocenters. The Bertz CT molecular complexity index is 849. The number of nitrogens with one attached hydrogen (secondary N) is 1. The average molecular weight is 396 g/mol. The molecule has 1 N–H and O–H groups in total. The van der Waals surface area contributed by atoms with Crippen molar-refractivity contribution < 1.29 is 9.53 Å². The van der Waals surface area contributed by atoms with Crippen molar-refractivity contribution in [3.05, 3.63) is 33.6 Å². The molecule has 0 unspecified atom stereocenters. The molecular formula is C18H22ClN3O3S. The summed E-state index contributed by atoms with van der Waals surface area (Å²) in [6, 6.07) is 5.30. The van der Waals surface area contributed by atoms with E-state index in [1.807, 2.05) is 0 Å². The van der Waals surface area contributed by atoms with Crippen LogP contribution in [0.5, 0.6) is 0 Å². The van der Waals surface area contributed by atoms with Crippen molar-refractivity contribution in [2.45, 2.75) is 43.4 Å². The van der Waals surface area contributed by atoms with Gasteiger partial charge in [0.25, 0.3) is 5.56 Å². The van der Waals surface area contributed by atoms with E-state index in [1.54, 1.807) is 29.9 Å². The largest absolute Gasteiger partial charge is 0.383 e. The van der Waals surface area contributed by atoms with Crippen LogP contribution < -0.4 is 10.9 Å². The van der Waals surface area contributed by atoms with E-state index < -0.39 is 0 Å². The lowest BCUT2D eigenvalue weighted by atomic mass is 10.2. The van der Waals surface area contributed by atoms with Gasteiger partial charge in [-0.25, -0.2) is 4.98 Å². The van der Waals surface area contributed by atoms with Crippen molar-refractivity contribution in [2.24, 2.45) is 0 Å². The third-order valence-corrected chi connectivity index (χ3v) is 5.67. The normalized spacial score (nSPS) is 14.8. The first kappa shape index (κ1) is 19.2. The zero-order chi connectivity index (χ0) is 18.5. The SMILES string of the molecule is COCCn1c(SCC(=O)NC2CCCC2)nc2cc(Cl)ccc2c1=O. The quantitative estimate of drug-likeness (QED) is 0.576. The van der Waals surface area contributed by atoms with E-state index in [-0.39, 0.29) is 23.3 Å². The van der Waals surface area contributed by atoms with Crippen LogP contribution in [0.3, 0.4) is 0 Å². The standard InChI is InChI=1S/C18H22ClN3O3S/c1-25-9-8-22-17(24)14-7-6-12(19)10-15(14)21-18(22)26-11-16(23)20-13-4-2-3-5-13/h6-7,10,13H,2-5,8-9,11H2,1H3,(H,20,23). The minimum Gasteiger partial charge on any atom is -0.383 e. The van der Waals surface area contributed by atoms with Gasteiger partial charge in [0.05, 0.1) is 29.8 Å². The third kappa shape index (κ3) is 4.58. The summed E-state index contributed by atoms with van der Waals surface area (Å²) in [7, 11) is 1.58. The molecular weight excluding hydrogens is 374 g/mol. The molecule has 1 aromatic heterocycles. The number of amides is 1. The van der Waals surface area contributed by atoms with Gasteiger partial charge in [-0.2, -0.15) is 0 Å². The Morgan fingerprint density at radius 1 is 1.42 bits per heavy atom. The number of methoxy groups -OCH3 is 1. The summed E-state index contributed by atoms with van der Waals surface area (Å²) in [5, 5.41) is 4.58. The molecule has 1 aliphatic carbocycles. The van der Waals surface area contributed by atoms with Gasteiger partial charge in [-0.05, 0) is 31.0 Å². The van der Waals surface area contributed by atoms with Crippen LogP contribution in [0.1, 0.15) is 25.7 Å². The average Bonchev–Trinajstić information content (AvgIpc) is 3.12. The van der Waals surface area contributed by atoms with Gasteiger partial charge in [0.15, 0.2) is 5.16 Å². The highest BCUT2D eigenvalue weighted by Crippen LogP contribution is 2.21. The van der Waals surface area contributed by atoms with Gasteiger partial charge in [-0.3, -0.25) is 14.2 Å². The second-order valence-corrected chi connectivity index (χ2v) is 7.72. The number of nitrogens with zero attached hydrogens (tertiary/aromatic N) is 2. The number of carbonyl (C=O) groups is 1. The minimum absolute atomic E-state index is 0.0272. The number of hydrogen-bond donors (Lipinski definition) is 1. The summed E-state index contributed by atoms with van der Waals surface area (Å²) in [5.41, 5.74) is 0.386. The van der Waals surface area contributed by atoms with Crippen LogP contribution in [0.25, 0.3) is 10.9 Å². The van der Waals surface area contributed by atoms with E-state index in [1.165, 1.54) is 24.6 Å². The van der Waals surface area contributed by atoms with Crippen LogP contribution in [0.15, 0.2) is 28.2 Å². The Hall–Kier alpha value is -1.57. The lowest BCUT2D eigenvalue weighted by Crippen LogP contribution is -2.34. The fraction of sp³-hybridized carbons (Fsp3) is 0.500. The molecule has 3 rings (SSSR count). The fourth-order valence-corrected chi connectivity index (χ4v) is 4.14. The topological polar surface area (TPSA) is 73.2 Å². The molecule has 1 fully saturated rings. The summed E-state index contributed by atoms with van der Waals surface area (Å²) in [6.07, 6.45) is 4.42. The van der Waals surface area contributed by atoms with Crippen molar-refractivity contribution >= 4 is 40.2 Å². The zero-order valence-corrected chi connectivity index (χ0v) is 16.2. The number of ether oxygens (including phenoxy) is 1. The summed E-state index contributed by atoms with van der Waals surface area (Å²) >= 11 is 7.29. The Balaban J connectivity index is 1.82. The number of aromatic nitrogens is 2. The first-order chi connectivity index (χ1) is 12.6. The lowest BCUT2D eigenvalue weighted by Gasteiger charge is -2.14. The highest BCUT2D eigenvalue weighted by molar-refractivity contribution is 7.99. The van der Waals surface area contributed by atoms with Gasteiger partial charge >= 0.3 is 0 Å². The molecule has 0 radical (unpaired) electrons. The van der Waals surface area contributed by atoms with Gasteiger partial charge < -0.3 is 10.1 Å². The number of benzene rings is 1. The number of thioether (sulfide) groups is 1. The van der Waals surface area contributed by atoms with Gasteiger partial charge in [0.2, 0.25) is 5.91 Å². The first-order valence-electron chi connectivity index (χ1n) is 8.69. The van der Waals surface area contributed by atoms with E-state index in [0.29, 0.717) is 34.2 Å². The van der Waals surface area contributed by atoms with E-state index in [0.717, 1.165) is 12.8 Å². The van der Waals surface area contributed by atoms with E-state index in [2.05, 4.69) is 10.3 Å². The molecule has 2 aromatic rings. The van der Waals surface area contributed by atoms with Crippen LogP contribution in [-0.2, 0) is 16.1 Å². The molecule has 6 nitrogen and oxygen atoms in total. The summed E-state index contributed by atoms with van der Waals surface area (Å²) < 4.78 is 6.67. The molecule has 8 heteroatoms. The smallest absolute Gasteiger partial charge is 0.262 e. The Kier molecular flexibility index (Phi) is 6.56. The highest BCUT2D eigenvalue weighted by Gasteiger charge is 2.18. The van der Waals surface area contributed by atoms with Crippen LogP contribution in [0.2, 0.25) is 5.02 Å². The van der Waals surface area contributed by atoms with Crippen LogP contribution in [-0.4, -0.2) is 41.0 Å². The maximum Gasteiger partial charge on any atom is 0.262 e. The van der Waals surface area contributed by atoms with Gasteiger partial charge in [0, 0.05) is 18.2 Å². The van der Waals surface area contributed by atoms with Crippen molar-refractivity contribution in [2.75, 3.05) is 19.5 Å². The number of halogens is 1. The van der Waals surface area contributed by atoms with Crippen molar-refractivity contribution in [3.63, 3.8) is 0 Å². The van der Waals surface area contributed by atoms with Crippen LogP contribution in [0, 0.1) is 0 Å². The Labute approximate surface area is 161 Å². The number of hydrogen-bond acceptors (Lipinski definition) is 5. The molecule has 0 spiro atoms. The number of fused-ring (bicyclic) bond motifs is 1. The summed E-state index contributed by atoms with van der Waals surface area (Å²) in [5.74, 6) is 0.197. The van der Waals surface area contributed by atoms with Crippen molar-refractivity contribution in [3.8, 4) is 0 Å². The second kappa shape index (κ2) is 8.88. The van der Waals surface area contributed by atoms with Crippen LogP contribution in [0.4, 0.5) is 0 Å². The molecule has 1 heterocycles. The zero-order valence-electron chi connectivity index (χ0n) is 14.7. The second-order valence-electron chi connectivity index (χ2n) is 6.34.